The Balaban J connectivity index is 0.00000256. The standard InChI is InChI=1S/C11H13F2NO2.Ac/c1-11(2,7-15)14(16)6-8-3-4-9(12)5-10(8)13;/h3-6,15H,7H2,1-2H3;/b14-6-;. The van der Waals surface area contributed by atoms with Crippen molar-refractivity contribution < 1.29 is 62.7 Å². The van der Waals surface area contributed by atoms with E-state index in [9.17, 15) is 14.0 Å². The molecule has 0 saturated carbocycles. The predicted octanol–water partition coefficient (Wildman–Crippen LogP) is 1.66. The second-order valence-corrected chi connectivity index (χ2v) is 4.09. The minimum atomic E-state index is -1.04. The molecule has 0 aliphatic carbocycles. The zero-order chi connectivity index (χ0) is 12.3. The normalized spacial score (nSPS) is 12.2. The van der Waals surface area contributed by atoms with Crippen LogP contribution in [0.4, 0.5) is 8.78 Å². The summed E-state index contributed by atoms with van der Waals surface area (Å²) >= 11 is 0. The van der Waals surface area contributed by atoms with E-state index in [4.69, 9.17) is 5.11 Å². The molecule has 0 spiro atoms. The monoisotopic (exact) mass is 456 g/mol. The molecule has 0 fully saturated rings. The molecule has 1 rings (SSSR count). The molecule has 17 heavy (non-hydrogen) atoms. The van der Waals surface area contributed by atoms with Crippen LogP contribution in [0.5, 0.6) is 0 Å². The third-order valence-electron chi connectivity index (χ3n) is 2.20. The smallest absolute Gasteiger partial charge is 0.190 e. The van der Waals surface area contributed by atoms with Gasteiger partial charge in [0.25, 0.3) is 0 Å². The molecule has 1 aromatic rings. The molecule has 0 aromatic heterocycles. The maximum atomic E-state index is 13.2. The molecular weight excluding hydrogens is 443 g/mol. The van der Waals surface area contributed by atoms with Gasteiger partial charge in [0.15, 0.2) is 11.8 Å². The molecule has 6 heteroatoms. The number of hydrogen-bond donors (Lipinski definition) is 1. The molecule has 1 aromatic carbocycles. The maximum absolute atomic E-state index is 13.2. The van der Waals surface area contributed by atoms with Crippen LogP contribution in [-0.4, -0.2) is 28.2 Å². The van der Waals surface area contributed by atoms with Crippen molar-refractivity contribution in [2.24, 2.45) is 0 Å². The summed E-state index contributed by atoms with van der Waals surface area (Å²) in [5.74, 6) is -1.51. The van der Waals surface area contributed by atoms with Crippen LogP contribution in [0.3, 0.4) is 0 Å². The number of halogens is 2. The number of rotatable bonds is 3. The molecule has 0 aliphatic rings. The molecule has 0 bridgehead atoms. The van der Waals surface area contributed by atoms with E-state index in [2.05, 4.69) is 0 Å². The Morgan fingerprint density at radius 2 is 2.00 bits per heavy atom. The van der Waals surface area contributed by atoms with Gasteiger partial charge in [-0.05, 0) is 12.1 Å². The Morgan fingerprint density at radius 1 is 1.41 bits per heavy atom. The van der Waals surface area contributed by atoms with Gasteiger partial charge in [-0.15, -0.1) is 0 Å². The summed E-state index contributed by atoms with van der Waals surface area (Å²) in [6.45, 7) is 2.66. The minimum absolute atomic E-state index is 0. The van der Waals surface area contributed by atoms with Crippen LogP contribution in [0, 0.1) is 60.9 Å². The van der Waals surface area contributed by atoms with Gasteiger partial charge < -0.3 is 10.3 Å². The van der Waals surface area contributed by atoms with Crippen LogP contribution in [0.15, 0.2) is 18.2 Å². The minimum Gasteiger partial charge on any atom is -0.623 e. The predicted molar refractivity (Wildman–Crippen MR) is 56.3 cm³/mol. The van der Waals surface area contributed by atoms with Crippen molar-refractivity contribution in [3.8, 4) is 0 Å². The quantitative estimate of drug-likeness (QED) is 0.326. The largest absolute Gasteiger partial charge is 0.623 e. The van der Waals surface area contributed by atoms with Crippen molar-refractivity contribution in [2.75, 3.05) is 6.61 Å². The first kappa shape index (κ1) is 17.0. The van der Waals surface area contributed by atoms with Crippen molar-refractivity contribution in [1.82, 2.24) is 0 Å². The maximum Gasteiger partial charge on any atom is 0.190 e. The molecule has 0 amide bonds. The Hall–Kier alpha value is -0.0484. The summed E-state index contributed by atoms with van der Waals surface area (Å²) < 4.78 is 26.3. The van der Waals surface area contributed by atoms with E-state index in [1.54, 1.807) is 0 Å². The van der Waals surface area contributed by atoms with Gasteiger partial charge >= 0.3 is 0 Å². The van der Waals surface area contributed by atoms with E-state index >= 15 is 0 Å². The number of benzene rings is 1. The van der Waals surface area contributed by atoms with Gasteiger partial charge in [0.1, 0.15) is 18.2 Å². The zero-order valence-corrected chi connectivity index (χ0v) is 14.4. The molecule has 3 nitrogen and oxygen atoms in total. The van der Waals surface area contributed by atoms with Gasteiger partial charge in [0.2, 0.25) is 0 Å². The van der Waals surface area contributed by atoms with Crippen molar-refractivity contribution in [3.05, 3.63) is 40.6 Å². The zero-order valence-electron chi connectivity index (χ0n) is 9.65. The van der Waals surface area contributed by atoms with Gasteiger partial charge in [0.05, 0.1) is 5.56 Å². The molecule has 91 valence electrons. The van der Waals surface area contributed by atoms with Crippen molar-refractivity contribution in [1.29, 1.82) is 0 Å². The van der Waals surface area contributed by atoms with E-state index in [1.165, 1.54) is 19.9 Å². The summed E-state index contributed by atoms with van der Waals surface area (Å²) in [6.07, 6.45) is 0.991. The average Bonchev–Trinajstić information content (AvgIpc) is 2.22. The summed E-state index contributed by atoms with van der Waals surface area (Å²) in [4.78, 5) is 0. The number of aliphatic hydroxyl groups is 1. The molecular formula is C11H13AcF2NO2. The van der Waals surface area contributed by atoms with Crippen LogP contribution in [0.2, 0.25) is 0 Å². The summed E-state index contributed by atoms with van der Waals surface area (Å²) in [6, 6.07) is 2.93. The Bertz CT molecular complexity index is 422. The van der Waals surface area contributed by atoms with Crippen LogP contribution in [0.25, 0.3) is 0 Å². The Morgan fingerprint density at radius 3 is 2.47 bits per heavy atom. The third-order valence-corrected chi connectivity index (χ3v) is 2.20. The first-order valence-corrected chi connectivity index (χ1v) is 4.74. The van der Waals surface area contributed by atoms with Crippen LogP contribution in [-0.2, 0) is 0 Å². The molecule has 1 N–H and O–H groups in total. The molecule has 0 saturated heterocycles. The van der Waals surface area contributed by atoms with Crippen molar-refractivity contribution in [2.45, 2.75) is 19.4 Å². The van der Waals surface area contributed by atoms with Gasteiger partial charge in [0, 0.05) is 64.0 Å². The SMILES string of the molecule is CC(C)(CO)/[N+]([O-])=C/c1ccc(F)cc1F.[Ac]. The van der Waals surface area contributed by atoms with E-state index in [1.807, 2.05) is 0 Å². The number of hydrogen-bond acceptors (Lipinski definition) is 2. The van der Waals surface area contributed by atoms with Gasteiger partial charge in [-0.3, -0.25) is 0 Å². The fraction of sp³-hybridized carbons (Fsp3) is 0.364. The van der Waals surface area contributed by atoms with Crippen LogP contribution in [0.1, 0.15) is 19.4 Å². The molecule has 0 aliphatic heterocycles. The fourth-order valence-electron chi connectivity index (χ4n) is 0.977. The van der Waals surface area contributed by atoms with E-state index in [-0.39, 0.29) is 56.2 Å². The van der Waals surface area contributed by atoms with E-state index in [0.717, 1.165) is 12.3 Å². The van der Waals surface area contributed by atoms with Gasteiger partial charge in [-0.1, -0.05) is 0 Å². The fourth-order valence-corrected chi connectivity index (χ4v) is 0.977. The third kappa shape index (κ3) is 4.61. The summed E-state index contributed by atoms with van der Waals surface area (Å²) in [7, 11) is 0. The first-order chi connectivity index (χ1) is 7.36. The van der Waals surface area contributed by atoms with Crippen LogP contribution >= 0.6 is 0 Å². The van der Waals surface area contributed by atoms with E-state index < -0.39 is 17.2 Å². The molecule has 1 radical (unpaired) electrons. The topological polar surface area (TPSA) is 46.3 Å². The summed E-state index contributed by atoms with van der Waals surface area (Å²) in [5, 5.41) is 20.5. The first-order valence-electron chi connectivity index (χ1n) is 4.74. The van der Waals surface area contributed by atoms with Gasteiger partial charge in [-0.25, -0.2) is 13.5 Å². The number of hydroxylamine groups is 1. The second-order valence-electron chi connectivity index (χ2n) is 4.09. The number of nitrogens with zero attached hydrogens (tertiary/aromatic N) is 1. The molecule has 0 unspecified atom stereocenters. The number of aliphatic hydroxyl groups excluding tert-OH is 1. The van der Waals surface area contributed by atoms with E-state index in [0.29, 0.717) is 10.8 Å². The Labute approximate surface area is 134 Å². The second kappa shape index (κ2) is 6.77. The van der Waals surface area contributed by atoms with Crippen molar-refractivity contribution in [3.63, 3.8) is 0 Å². The van der Waals surface area contributed by atoms with Gasteiger partial charge in [-0.2, -0.15) is 0 Å². The summed E-state index contributed by atoms with van der Waals surface area (Å²) in [5.41, 5.74) is -1.06. The molecule has 0 atom stereocenters. The Kier molecular flexibility index (Phi) is 6.75. The molecule has 0 heterocycles. The van der Waals surface area contributed by atoms with Crippen molar-refractivity contribution >= 4 is 6.21 Å². The average molecular weight is 456 g/mol. The van der Waals surface area contributed by atoms with Crippen LogP contribution < -0.4 is 0 Å².